The lowest BCUT2D eigenvalue weighted by Crippen LogP contribution is -2.02. The molecule has 0 aliphatic rings. The smallest absolute Gasteiger partial charge is 0.0968 e. The number of nitrogens with zero attached hydrogens (tertiary/aromatic N) is 1. The number of rotatable bonds is 3. The summed E-state index contributed by atoms with van der Waals surface area (Å²) in [7, 11) is 0. The number of halogens is 1. The lowest BCUT2D eigenvalue weighted by atomic mass is 10.0. The van der Waals surface area contributed by atoms with Gasteiger partial charge in [-0.1, -0.05) is 40.9 Å². The molecule has 0 spiro atoms. The molecule has 0 bridgehead atoms. The molecule has 0 radical (unpaired) electrons. The van der Waals surface area contributed by atoms with Gasteiger partial charge in [-0.15, -0.1) is 0 Å². The zero-order valence-electron chi connectivity index (χ0n) is 9.55. The Morgan fingerprint density at radius 2 is 2.19 bits per heavy atom. The molecule has 0 unspecified atom stereocenters. The van der Waals surface area contributed by atoms with Crippen molar-refractivity contribution in [1.82, 2.24) is 0 Å². The van der Waals surface area contributed by atoms with Gasteiger partial charge < -0.3 is 5.73 Å². The molecular weight excluding hydrogens is 264 g/mol. The maximum absolute atomic E-state index is 9.05. The fraction of sp³-hybridized carbons (Fsp3) is 0.308. The van der Waals surface area contributed by atoms with Crippen molar-refractivity contribution in [1.29, 1.82) is 5.26 Å². The Labute approximate surface area is 105 Å². The highest BCUT2D eigenvalue weighted by Crippen LogP contribution is 2.25. The van der Waals surface area contributed by atoms with Gasteiger partial charge in [-0.3, -0.25) is 0 Å². The average molecular weight is 279 g/mol. The second-order valence-corrected chi connectivity index (χ2v) is 4.59. The van der Waals surface area contributed by atoms with Crippen LogP contribution < -0.4 is 5.73 Å². The summed E-state index contributed by atoms with van der Waals surface area (Å²) >= 11 is 3.46. The van der Waals surface area contributed by atoms with Crippen LogP contribution in [0.3, 0.4) is 0 Å². The van der Waals surface area contributed by atoms with Gasteiger partial charge in [-0.25, -0.2) is 0 Å². The second kappa shape index (κ2) is 5.72. The molecule has 3 heteroatoms. The van der Waals surface area contributed by atoms with E-state index in [4.69, 9.17) is 11.0 Å². The third-order valence-corrected chi connectivity index (χ3v) is 3.06. The fourth-order valence-electron chi connectivity index (χ4n) is 1.51. The van der Waals surface area contributed by atoms with Crippen LogP contribution in [0.1, 0.15) is 30.9 Å². The number of hydrogen-bond acceptors (Lipinski definition) is 2. The zero-order valence-corrected chi connectivity index (χ0v) is 11.1. The molecule has 84 valence electrons. The molecule has 0 aliphatic heterocycles. The molecule has 2 N–H and O–H groups in total. The van der Waals surface area contributed by atoms with Crippen LogP contribution in [0.5, 0.6) is 0 Å². The van der Waals surface area contributed by atoms with Crippen molar-refractivity contribution in [3.63, 3.8) is 0 Å². The van der Waals surface area contributed by atoms with Gasteiger partial charge in [0, 0.05) is 10.0 Å². The Hall–Kier alpha value is -1.27. The highest BCUT2D eigenvalue weighted by Gasteiger charge is 2.08. The Morgan fingerprint density at radius 1 is 1.50 bits per heavy atom. The topological polar surface area (TPSA) is 49.8 Å². The fourth-order valence-corrected chi connectivity index (χ4v) is 1.97. The summed E-state index contributed by atoms with van der Waals surface area (Å²) in [4.78, 5) is 0. The molecule has 0 heterocycles. The number of aryl methyl sites for hydroxylation is 1. The van der Waals surface area contributed by atoms with Gasteiger partial charge in [0.25, 0.3) is 0 Å². The predicted octanol–water partition coefficient (Wildman–Crippen LogP) is 3.75. The highest BCUT2D eigenvalue weighted by atomic mass is 79.9. The lowest BCUT2D eigenvalue weighted by Gasteiger charge is -2.08. The van der Waals surface area contributed by atoms with E-state index in [0.717, 1.165) is 28.4 Å². The van der Waals surface area contributed by atoms with Crippen molar-refractivity contribution in [2.75, 3.05) is 0 Å². The maximum atomic E-state index is 9.05. The Morgan fingerprint density at radius 3 is 2.75 bits per heavy atom. The lowest BCUT2D eigenvalue weighted by molar-refractivity contribution is 0.928. The predicted molar refractivity (Wildman–Crippen MR) is 70.5 cm³/mol. The van der Waals surface area contributed by atoms with Crippen LogP contribution in [-0.4, -0.2) is 0 Å². The standard InChI is InChI=1S/C13H15BrN2/c1-3-4-10(8-15)13(16)11-7-9(2)5-6-12(11)14/h5-7H,3-4,16H2,1-2H3/b13-10-. The van der Waals surface area contributed by atoms with Gasteiger partial charge in [-0.2, -0.15) is 5.26 Å². The summed E-state index contributed by atoms with van der Waals surface area (Å²) in [5.41, 5.74) is 9.32. The maximum Gasteiger partial charge on any atom is 0.0968 e. The summed E-state index contributed by atoms with van der Waals surface area (Å²) in [5.74, 6) is 0. The summed E-state index contributed by atoms with van der Waals surface area (Å²) in [6.45, 7) is 4.05. The minimum absolute atomic E-state index is 0.583. The van der Waals surface area contributed by atoms with Gasteiger partial charge in [0.05, 0.1) is 17.3 Å². The van der Waals surface area contributed by atoms with Crippen LogP contribution in [0.2, 0.25) is 0 Å². The van der Waals surface area contributed by atoms with Crippen LogP contribution in [0.4, 0.5) is 0 Å². The number of allylic oxidation sites excluding steroid dienone is 1. The molecule has 0 aliphatic carbocycles. The van der Waals surface area contributed by atoms with E-state index in [9.17, 15) is 0 Å². The Bertz CT molecular complexity index is 455. The number of nitriles is 1. The molecule has 0 saturated carbocycles. The third-order valence-electron chi connectivity index (χ3n) is 2.37. The van der Waals surface area contributed by atoms with Crippen LogP contribution in [-0.2, 0) is 0 Å². The first-order valence-corrected chi connectivity index (χ1v) is 6.04. The monoisotopic (exact) mass is 278 g/mol. The van der Waals surface area contributed by atoms with E-state index in [1.165, 1.54) is 0 Å². The molecule has 1 aromatic carbocycles. The van der Waals surface area contributed by atoms with Crippen molar-refractivity contribution in [3.8, 4) is 6.07 Å². The van der Waals surface area contributed by atoms with Crippen LogP contribution in [0.15, 0.2) is 28.2 Å². The van der Waals surface area contributed by atoms with Gasteiger partial charge in [-0.05, 0) is 25.5 Å². The van der Waals surface area contributed by atoms with Crippen LogP contribution in [0.25, 0.3) is 5.70 Å². The molecule has 0 fully saturated rings. The quantitative estimate of drug-likeness (QED) is 0.856. The summed E-state index contributed by atoms with van der Waals surface area (Å²) in [5, 5.41) is 9.05. The molecule has 1 rings (SSSR count). The molecule has 0 aromatic heterocycles. The number of nitrogens with two attached hydrogens (primary N) is 1. The van der Waals surface area contributed by atoms with E-state index < -0.39 is 0 Å². The van der Waals surface area contributed by atoms with E-state index >= 15 is 0 Å². The average Bonchev–Trinajstić information content (AvgIpc) is 2.28. The van der Waals surface area contributed by atoms with Crippen LogP contribution in [0, 0.1) is 18.3 Å². The van der Waals surface area contributed by atoms with E-state index in [1.807, 2.05) is 32.0 Å². The number of benzene rings is 1. The Balaban J connectivity index is 3.27. The van der Waals surface area contributed by atoms with Crippen molar-refractivity contribution in [2.45, 2.75) is 26.7 Å². The van der Waals surface area contributed by atoms with Crippen molar-refractivity contribution in [2.24, 2.45) is 5.73 Å². The second-order valence-electron chi connectivity index (χ2n) is 3.74. The number of hydrogen-bond donors (Lipinski definition) is 1. The highest BCUT2D eigenvalue weighted by molar-refractivity contribution is 9.10. The summed E-state index contributed by atoms with van der Waals surface area (Å²) in [6.07, 6.45) is 1.65. The van der Waals surface area contributed by atoms with Crippen LogP contribution >= 0.6 is 15.9 Å². The minimum atomic E-state index is 0.583. The third kappa shape index (κ3) is 2.86. The van der Waals surface area contributed by atoms with E-state index in [0.29, 0.717) is 11.3 Å². The first kappa shape index (κ1) is 12.8. The molecule has 2 nitrogen and oxygen atoms in total. The van der Waals surface area contributed by atoms with Gasteiger partial charge in [0.2, 0.25) is 0 Å². The molecule has 1 aromatic rings. The van der Waals surface area contributed by atoms with Gasteiger partial charge >= 0.3 is 0 Å². The van der Waals surface area contributed by atoms with Crippen molar-refractivity contribution < 1.29 is 0 Å². The van der Waals surface area contributed by atoms with Gasteiger partial charge in [0.15, 0.2) is 0 Å². The minimum Gasteiger partial charge on any atom is -0.397 e. The summed E-state index contributed by atoms with van der Waals surface area (Å²) in [6, 6.07) is 8.14. The first-order chi connectivity index (χ1) is 7.60. The SMILES string of the molecule is CCC/C(C#N)=C(/N)c1cc(C)ccc1Br. The Kier molecular flexibility index (Phi) is 4.57. The van der Waals surface area contributed by atoms with E-state index in [2.05, 4.69) is 22.0 Å². The molecule has 0 amide bonds. The molecular formula is C13H15BrN2. The molecule has 16 heavy (non-hydrogen) atoms. The normalized spacial score (nSPS) is 11.9. The molecule has 0 atom stereocenters. The van der Waals surface area contributed by atoms with E-state index in [-0.39, 0.29) is 0 Å². The van der Waals surface area contributed by atoms with Gasteiger partial charge in [0.1, 0.15) is 0 Å². The van der Waals surface area contributed by atoms with Crippen molar-refractivity contribution in [3.05, 3.63) is 39.4 Å². The first-order valence-electron chi connectivity index (χ1n) is 5.25. The molecule has 0 saturated heterocycles. The summed E-state index contributed by atoms with van der Waals surface area (Å²) < 4.78 is 0.930. The van der Waals surface area contributed by atoms with E-state index in [1.54, 1.807) is 0 Å². The zero-order chi connectivity index (χ0) is 12.1. The largest absolute Gasteiger partial charge is 0.397 e. The van der Waals surface area contributed by atoms with Crippen molar-refractivity contribution >= 4 is 21.6 Å².